The van der Waals surface area contributed by atoms with Gasteiger partial charge in [0, 0.05) is 0 Å². The van der Waals surface area contributed by atoms with E-state index in [1.54, 1.807) is 0 Å². The molecule has 2 nitrogen and oxygen atoms in total. The highest BCUT2D eigenvalue weighted by molar-refractivity contribution is 5.81. The van der Waals surface area contributed by atoms with E-state index >= 15 is 0 Å². The third kappa shape index (κ3) is 3.37. The van der Waals surface area contributed by atoms with E-state index in [-0.39, 0.29) is 11.8 Å². The number of primary amides is 1. The minimum absolute atomic E-state index is 0.145. The molecule has 1 unspecified atom stereocenters. The molecule has 0 fully saturated rings. The van der Waals surface area contributed by atoms with Crippen molar-refractivity contribution in [3.8, 4) is 0 Å². The fourth-order valence-electron chi connectivity index (χ4n) is 1.96. The summed E-state index contributed by atoms with van der Waals surface area (Å²) in [6.07, 6.45) is 1.84. The van der Waals surface area contributed by atoms with Crippen LogP contribution in [0.25, 0.3) is 0 Å². The zero-order chi connectivity index (χ0) is 12.1. The van der Waals surface area contributed by atoms with Gasteiger partial charge >= 0.3 is 0 Å². The van der Waals surface area contributed by atoms with E-state index in [0.29, 0.717) is 5.92 Å². The first kappa shape index (κ1) is 12.8. The van der Waals surface area contributed by atoms with Gasteiger partial charge in [0.2, 0.25) is 5.91 Å². The molecule has 1 aromatic rings. The third-order valence-electron chi connectivity index (χ3n) is 2.78. The zero-order valence-electron chi connectivity index (χ0n) is 10.4. The summed E-state index contributed by atoms with van der Waals surface area (Å²) < 4.78 is 0. The van der Waals surface area contributed by atoms with Crippen molar-refractivity contribution >= 4 is 5.91 Å². The molecule has 0 radical (unpaired) electrons. The van der Waals surface area contributed by atoms with E-state index in [2.05, 4.69) is 26.0 Å². The Hall–Kier alpha value is -1.31. The highest BCUT2D eigenvalue weighted by atomic mass is 16.1. The van der Waals surface area contributed by atoms with Gasteiger partial charge in [-0.3, -0.25) is 4.79 Å². The smallest absolute Gasteiger partial charge is 0.224 e. The van der Waals surface area contributed by atoms with Crippen molar-refractivity contribution in [1.82, 2.24) is 0 Å². The Morgan fingerprint density at radius 3 is 2.19 bits per heavy atom. The largest absolute Gasteiger partial charge is 0.369 e. The summed E-state index contributed by atoms with van der Waals surface area (Å²) in [4.78, 5) is 11.2. The molecule has 0 aromatic heterocycles. The average molecular weight is 219 g/mol. The molecule has 1 aromatic carbocycles. The maximum Gasteiger partial charge on any atom is 0.224 e. The molecular weight excluding hydrogens is 198 g/mol. The molecule has 0 heterocycles. The maximum atomic E-state index is 11.2. The van der Waals surface area contributed by atoms with Gasteiger partial charge in [-0.2, -0.15) is 0 Å². The molecule has 1 rings (SSSR count). The first-order valence-corrected chi connectivity index (χ1v) is 5.92. The lowest BCUT2D eigenvalue weighted by molar-refractivity contribution is -0.119. The molecule has 0 aliphatic rings. The number of rotatable bonds is 5. The molecule has 2 heteroatoms. The minimum Gasteiger partial charge on any atom is -0.369 e. The van der Waals surface area contributed by atoms with Crippen molar-refractivity contribution in [2.45, 2.75) is 39.5 Å². The summed E-state index contributed by atoms with van der Waals surface area (Å²) in [5.41, 5.74) is 7.71. The molecule has 0 spiro atoms. The fourth-order valence-corrected chi connectivity index (χ4v) is 1.96. The van der Waals surface area contributed by atoms with Gasteiger partial charge in [-0.15, -0.1) is 0 Å². The van der Waals surface area contributed by atoms with Crippen LogP contribution in [-0.2, 0) is 11.2 Å². The second kappa shape index (κ2) is 5.69. The summed E-state index contributed by atoms with van der Waals surface area (Å²) >= 11 is 0. The predicted molar refractivity (Wildman–Crippen MR) is 67.2 cm³/mol. The highest BCUT2D eigenvalue weighted by Crippen LogP contribution is 2.20. The molecule has 0 aliphatic carbocycles. The summed E-state index contributed by atoms with van der Waals surface area (Å²) in [7, 11) is 0. The van der Waals surface area contributed by atoms with Crippen molar-refractivity contribution in [3.63, 3.8) is 0 Å². The molecule has 0 aliphatic heterocycles. The molecule has 0 saturated heterocycles. The van der Waals surface area contributed by atoms with Gasteiger partial charge in [-0.25, -0.2) is 0 Å². The number of nitrogens with two attached hydrogens (primary N) is 1. The van der Waals surface area contributed by atoms with Crippen LogP contribution in [0.4, 0.5) is 0 Å². The van der Waals surface area contributed by atoms with Crippen molar-refractivity contribution in [2.24, 2.45) is 11.7 Å². The van der Waals surface area contributed by atoms with Crippen LogP contribution in [0, 0.1) is 5.92 Å². The van der Waals surface area contributed by atoms with Crippen LogP contribution in [0.3, 0.4) is 0 Å². The minimum atomic E-state index is -0.237. The Morgan fingerprint density at radius 1 is 1.25 bits per heavy atom. The van der Waals surface area contributed by atoms with Crippen LogP contribution >= 0.6 is 0 Å². The van der Waals surface area contributed by atoms with E-state index in [1.807, 2.05) is 19.1 Å². The lowest BCUT2D eigenvalue weighted by atomic mass is 9.93. The topological polar surface area (TPSA) is 43.1 Å². The average Bonchev–Trinajstić information content (AvgIpc) is 2.20. The Kier molecular flexibility index (Phi) is 4.53. The van der Waals surface area contributed by atoms with Gasteiger partial charge in [0.25, 0.3) is 0 Å². The van der Waals surface area contributed by atoms with Gasteiger partial charge in [-0.1, -0.05) is 45.0 Å². The van der Waals surface area contributed by atoms with Gasteiger partial charge in [0.1, 0.15) is 0 Å². The first-order chi connectivity index (χ1) is 7.54. The van der Waals surface area contributed by atoms with Gasteiger partial charge in [-0.05, 0) is 29.9 Å². The SMILES string of the molecule is CCC(C(N)=O)c1ccc(CC(C)C)cc1. The standard InChI is InChI=1S/C14H21NO/c1-4-13(14(15)16)12-7-5-11(6-8-12)9-10(2)3/h5-8,10,13H,4,9H2,1-3H3,(H2,15,16). The van der Waals surface area contributed by atoms with Crippen molar-refractivity contribution in [2.75, 3.05) is 0 Å². The quantitative estimate of drug-likeness (QED) is 0.813. The molecule has 2 N–H and O–H groups in total. The normalized spacial score (nSPS) is 12.8. The first-order valence-electron chi connectivity index (χ1n) is 5.92. The number of carbonyl (C=O) groups excluding carboxylic acids is 1. The van der Waals surface area contributed by atoms with Crippen LogP contribution in [0.5, 0.6) is 0 Å². The zero-order valence-corrected chi connectivity index (χ0v) is 10.4. The summed E-state index contributed by atoms with van der Waals surface area (Å²) in [6.45, 7) is 6.38. The number of hydrogen-bond donors (Lipinski definition) is 1. The number of amides is 1. The lowest BCUT2D eigenvalue weighted by Crippen LogP contribution is -2.20. The van der Waals surface area contributed by atoms with Gasteiger partial charge < -0.3 is 5.73 Å². The van der Waals surface area contributed by atoms with Crippen molar-refractivity contribution < 1.29 is 4.79 Å². The Morgan fingerprint density at radius 2 is 1.81 bits per heavy atom. The molecule has 88 valence electrons. The van der Waals surface area contributed by atoms with E-state index in [4.69, 9.17) is 5.73 Å². The van der Waals surface area contributed by atoms with Crippen molar-refractivity contribution in [3.05, 3.63) is 35.4 Å². The lowest BCUT2D eigenvalue weighted by Gasteiger charge is -2.12. The predicted octanol–water partition coefficient (Wildman–Crippen LogP) is 2.86. The fraction of sp³-hybridized carbons (Fsp3) is 0.500. The van der Waals surface area contributed by atoms with E-state index in [0.717, 1.165) is 18.4 Å². The van der Waals surface area contributed by atoms with Crippen molar-refractivity contribution in [1.29, 1.82) is 0 Å². The maximum absolute atomic E-state index is 11.2. The van der Waals surface area contributed by atoms with Gasteiger partial charge in [0.15, 0.2) is 0 Å². The van der Waals surface area contributed by atoms with Crippen LogP contribution in [0.1, 0.15) is 44.2 Å². The Labute approximate surface area is 97.9 Å². The molecule has 0 bridgehead atoms. The van der Waals surface area contributed by atoms with Crippen LogP contribution < -0.4 is 5.73 Å². The Balaban J connectivity index is 2.81. The number of carbonyl (C=O) groups is 1. The molecule has 16 heavy (non-hydrogen) atoms. The van der Waals surface area contributed by atoms with Gasteiger partial charge in [0.05, 0.1) is 5.92 Å². The monoisotopic (exact) mass is 219 g/mol. The molecule has 1 amide bonds. The van der Waals surface area contributed by atoms with E-state index < -0.39 is 0 Å². The number of hydrogen-bond acceptors (Lipinski definition) is 1. The third-order valence-corrected chi connectivity index (χ3v) is 2.78. The van der Waals surface area contributed by atoms with E-state index in [9.17, 15) is 4.79 Å². The molecular formula is C14H21NO. The number of benzene rings is 1. The molecule has 1 atom stereocenters. The summed E-state index contributed by atoms with van der Waals surface area (Å²) in [5.74, 6) is 0.274. The van der Waals surface area contributed by atoms with Crippen LogP contribution in [-0.4, -0.2) is 5.91 Å². The second-order valence-corrected chi connectivity index (χ2v) is 4.70. The van der Waals surface area contributed by atoms with E-state index in [1.165, 1.54) is 5.56 Å². The summed E-state index contributed by atoms with van der Waals surface area (Å²) in [6, 6.07) is 8.25. The Bertz CT molecular complexity index is 340. The van der Waals surface area contributed by atoms with Crippen LogP contribution in [0.15, 0.2) is 24.3 Å². The summed E-state index contributed by atoms with van der Waals surface area (Å²) in [5, 5.41) is 0. The second-order valence-electron chi connectivity index (χ2n) is 4.70. The molecule has 0 saturated carbocycles. The highest BCUT2D eigenvalue weighted by Gasteiger charge is 2.14. The van der Waals surface area contributed by atoms with Crippen LogP contribution in [0.2, 0.25) is 0 Å².